The predicted octanol–water partition coefficient (Wildman–Crippen LogP) is -3.00. The van der Waals surface area contributed by atoms with E-state index in [0.717, 1.165) is 25.7 Å². The maximum Gasteiger partial charge on any atom is 1.00 e. The van der Waals surface area contributed by atoms with Crippen LogP contribution in [0.15, 0.2) is 0 Å². The van der Waals surface area contributed by atoms with E-state index in [9.17, 15) is 28.7 Å². The Bertz CT molecular complexity index is 1340. The van der Waals surface area contributed by atoms with E-state index >= 15 is 0 Å². The van der Waals surface area contributed by atoms with E-state index in [-0.39, 0.29) is 90.0 Å². The van der Waals surface area contributed by atoms with Gasteiger partial charge in [0, 0.05) is 37.8 Å². The molecule has 0 unspecified atom stereocenters. The number of phosphoric ester groups is 1. The summed E-state index contributed by atoms with van der Waals surface area (Å²) < 4.78 is 24.7. The van der Waals surface area contributed by atoms with Crippen molar-refractivity contribution in [2.24, 2.45) is 5.73 Å². The molecule has 2 N–H and O–H groups in total. The van der Waals surface area contributed by atoms with Crippen LogP contribution in [0, 0.1) is 83.4 Å². The van der Waals surface area contributed by atoms with Crippen molar-refractivity contribution in [2.75, 3.05) is 13.2 Å². The van der Waals surface area contributed by atoms with Crippen LogP contribution in [-0.4, -0.2) is 37.2 Å². The first kappa shape index (κ1) is 45.4. The van der Waals surface area contributed by atoms with Crippen LogP contribution < -0.4 is 74.6 Å². The Labute approximate surface area is 305 Å². The normalized spacial score (nSPS) is 8.66. The number of esters is 2. The first-order chi connectivity index (χ1) is 18.5. The second-order valence-electron chi connectivity index (χ2n) is 6.87. The molecular weight excluding hydrogens is 571 g/mol. The molecule has 0 saturated carbocycles. The number of hydrogen-bond acceptors (Lipinski definition) is 9. The summed E-state index contributed by atoms with van der Waals surface area (Å²) in [7, 11) is -5.31. The van der Waals surface area contributed by atoms with Gasteiger partial charge in [-0.05, 0) is 77.5 Å². The molecule has 1 amide bonds. The fraction of sp³-hybridized carbons (Fsp3) is 0.393. The molecule has 41 heavy (non-hydrogen) atoms. The van der Waals surface area contributed by atoms with Crippen molar-refractivity contribution < 1.29 is 120 Å². The minimum atomic E-state index is -5.31. The zero-order valence-corrected chi connectivity index (χ0v) is 28.4. The van der Waals surface area contributed by atoms with Crippen LogP contribution in [-0.2, 0) is 32.9 Å². The number of phosphoric acid groups is 1. The Morgan fingerprint density at radius 3 is 1.78 bits per heavy atom. The summed E-state index contributed by atoms with van der Waals surface area (Å²) in [6.07, 6.45) is 8.20. The molecule has 0 rings (SSSR count). The minimum absolute atomic E-state index is 0. The van der Waals surface area contributed by atoms with Gasteiger partial charge in [0.15, 0.2) is 6.10 Å². The number of carbonyl (C=O) groups excluding carboxylic acids is 3. The van der Waals surface area contributed by atoms with Gasteiger partial charge in [-0.25, -0.2) is 4.79 Å². The molecule has 0 saturated heterocycles. The van der Waals surface area contributed by atoms with Crippen LogP contribution >= 0.6 is 7.82 Å². The number of amides is 1. The number of rotatable bonds is 12. The zero-order chi connectivity index (χ0) is 29.8. The van der Waals surface area contributed by atoms with Gasteiger partial charge in [0.1, 0.15) is 6.61 Å². The number of primary amides is 1. The molecule has 0 spiro atoms. The Kier molecular flexibility index (Phi) is 35.4. The number of hydrogen-bond donors (Lipinski definition) is 1. The fourth-order valence-corrected chi connectivity index (χ4v) is 2.36. The smallest absolute Gasteiger partial charge is 0.790 e. The summed E-state index contributed by atoms with van der Waals surface area (Å²) in [6, 6.07) is 0. The second-order valence-corrected chi connectivity index (χ2v) is 8.03. The molecule has 0 aliphatic rings. The minimum Gasteiger partial charge on any atom is -0.790 e. The zero-order valence-electron chi connectivity index (χ0n) is 23.5. The molecule has 13 heteroatoms. The van der Waals surface area contributed by atoms with Gasteiger partial charge in [0.05, 0.1) is 14.4 Å². The van der Waals surface area contributed by atoms with Crippen molar-refractivity contribution in [2.45, 2.75) is 58.5 Å². The maximum absolute atomic E-state index is 11.9. The first-order valence-electron chi connectivity index (χ1n) is 11.3. The summed E-state index contributed by atoms with van der Waals surface area (Å²) in [5.41, 5.74) is 4.47. The van der Waals surface area contributed by atoms with Crippen molar-refractivity contribution in [3.63, 3.8) is 0 Å². The number of unbranched alkanes of at least 4 members (excludes halogenated alkanes) is 4. The summed E-state index contributed by atoms with van der Waals surface area (Å²) in [6.45, 7) is 2.01. The fourth-order valence-electron chi connectivity index (χ4n) is 2.01. The van der Waals surface area contributed by atoms with Crippen LogP contribution in [0.25, 0.3) is 0 Å². The Balaban J connectivity index is -0.0000000456. The number of terminal acetylenes is 1. The van der Waals surface area contributed by atoms with E-state index in [2.05, 4.69) is 88.2 Å². The topological polar surface area (TPSA) is 168 Å². The van der Waals surface area contributed by atoms with Crippen LogP contribution in [0.3, 0.4) is 0 Å². The molecule has 0 aliphatic carbocycles. The van der Waals surface area contributed by atoms with Gasteiger partial charge in [-0.3, -0.25) is 9.59 Å². The van der Waals surface area contributed by atoms with Gasteiger partial charge in [-0.1, -0.05) is 32.6 Å². The molecule has 0 radical (unpaired) electrons. The summed E-state index contributed by atoms with van der Waals surface area (Å²) in [4.78, 5) is 54.2. The SMILES string of the molecule is C#CC#CC#CC#CC#CC#CC#CC(=O)OC[C@H](COP(=O)([O-])[O-])OC(=O)CCCCCCC.CC(N)=O.[HH].[HH].[HH].[HH].[HH].[HH].[HH].[HH].[HH].[HH].[HH].[HH].[HH].[Na+].[Na+]. The van der Waals surface area contributed by atoms with E-state index in [1.165, 1.54) is 6.92 Å². The Morgan fingerprint density at radius 2 is 1.32 bits per heavy atom. The predicted molar refractivity (Wildman–Crippen MR) is 166 cm³/mol. The standard InChI is InChI=1S/C26H23O8P.C2H5NO.2Na.13H2/c1-3-5-7-9-10-11-12-13-14-15-17-18-20-25(27)32-22-24(23-33-35(29,30)31)34-26(28)21-19-16-8-6-4-2;1-2(3)4;;;;;;;;;;;;;;;/h1,24H,4,6,8,16,19,21-23H2,2H3,(H2,29,30,31);1H3,(H2,3,4);;;13*1H/q;;2*+1;;;;;;;;;;;;;/p-2/t24-;;;;;;;;;;;;;;;;/m1................/s1. The largest absolute Gasteiger partial charge is 1.00 e. The molecule has 0 aromatic rings. The average Bonchev–Trinajstić information content (AvgIpc) is 2.85. The molecule has 0 fully saturated rings. The quantitative estimate of drug-likeness (QED) is 0.0595. The van der Waals surface area contributed by atoms with Gasteiger partial charge >= 0.3 is 71.1 Å². The maximum atomic E-state index is 11.9. The van der Waals surface area contributed by atoms with Crippen molar-refractivity contribution in [3.8, 4) is 83.4 Å². The summed E-state index contributed by atoms with van der Waals surface area (Å²) in [5, 5.41) is 0. The molecular formula is C28H52NNa2O9P. The third-order valence-corrected chi connectivity index (χ3v) is 3.93. The third kappa shape index (κ3) is 42.1. The van der Waals surface area contributed by atoms with E-state index in [1.807, 2.05) is 5.92 Å². The van der Waals surface area contributed by atoms with Gasteiger partial charge in [0.25, 0.3) is 0 Å². The number of ether oxygens (including phenoxy) is 2. The Hall–Kier alpha value is -2.56. The monoisotopic (exact) mass is 623 g/mol. The van der Waals surface area contributed by atoms with E-state index in [0.29, 0.717) is 6.42 Å². The van der Waals surface area contributed by atoms with Crippen LogP contribution in [0.1, 0.15) is 70.9 Å². The molecule has 1 atom stereocenters. The molecule has 0 aliphatic heterocycles. The van der Waals surface area contributed by atoms with E-state index in [4.69, 9.17) is 15.9 Å². The third-order valence-electron chi connectivity index (χ3n) is 3.46. The average molecular weight is 624 g/mol. The second kappa shape index (κ2) is 32.0. The molecule has 0 heterocycles. The number of nitrogens with two attached hydrogens (primary N) is 1. The molecule has 0 aromatic heterocycles. The van der Waals surface area contributed by atoms with Crippen LogP contribution in [0.2, 0.25) is 0 Å². The van der Waals surface area contributed by atoms with Gasteiger partial charge < -0.3 is 34.1 Å². The van der Waals surface area contributed by atoms with Crippen molar-refractivity contribution in [1.82, 2.24) is 0 Å². The summed E-state index contributed by atoms with van der Waals surface area (Å²) in [5.74, 6) is 27.9. The van der Waals surface area contributed by atoms with Crippen molar-refractivity contribution >= 4 is 25.7 Å². The van der Waals surface area contributed by atoms with Gasteiger partial charge in [0.2, 0.25) is 5.91 Å². The Morgan fingerprint density at radius 1 is 0.854 bits per heavy atom. The molecule has 230 valence electrons. The van der Waals surface area contributed by atoms with Crippen molar-refractivity contribution in [3.05, 3.63) is 0 Å². The molecule has 0 aromatic carbocycles. The van der Waals surface area contributed by atoms with Crippen LogP contribution in [0.4, 0.5) is 0 Å². The van der Waals surface area contributed by atoms with Crippen LogP contribution in [0.5, 0.6) is 0 Å². The molecule has 10 nitrogen and oxygen atoms in total. The van der Waals surface area contributed by atoms with E-state index < -0.39 is 39.1 Å². The molecule has 0 bridgehead atoms. The first-order valence-corrected chi connectivity index (χ1v) is 12.7. The van der Waals surface area contributed by atoms with Gasteiger partial charge in [-0.15, -0.1) is 6.42 Å². The van der Waals surface area contributed by atoms with E-state index in [1.54, 1.807) is 0 Å². The van der Waals surface area contributed by atoms with Crippen molar-refractivity contribution in [1.29, 1.82) is 0 Å². The van der Waals surface area contributed by atoms with Gasteiger partial charge in [-0.2, -0.15) is 0 Å². The summed E-state index contributed by atoms with van der Waals surface area (Å²) >= 11 is 0. The number of carbonyl (C=O) groups is 3.